The number of ether oxygens (including phenoxy) is 4. The molecule has 0 aliphatic carbocycles. The van der Waals surface area contributed by atoms with Gasteiger partial charge in [-0.1, -0.05) is 18.2 Å². The largest absolute Gasteiger partial charge is 0.497 e. The van der Waals surface area contributed by atoms with Gasteiger partial charge in [0.05, 0.1) is 26.4 Å². The maximum Gasteiger partial charge on any atom is 0.309 e. The Morgan fingerprint density at radius 2 is 1.81 bits per heavy atom. The van der Waals surface area contributed by atoms with Crippen LogP contribution in [0.4, 0.5) is 0 Å². The molecule has 0 unspecified atom stereocenters. The van der Waals surface area contributed by atoms with Crippen LogP contribution in [0.2, 0.25) is 0 Å². The molecule has 2 aliphatic rings. The number of carbonyl (C=O) groups is 2. The maximum absolute atomic E-state index is 12.5. The lowest BCUT2D eigenvalue weighted by atomic mass is 10.0. The van der Waals surface area contributed by atoms with E-state index in [1.807, 2.05) is 42.5 Å². The number of amides is 2. The van der Waals surface area contributed by atoms with E-state index in [1.54, 1.807) is 7.11 Å². The number of hydrogen-bond donors (Lipinski definition) is 2. The molecule has 9 heteroatoms. The Kier molecular flexibility index (Phi) is 7.08. The summed E-state index contributed by atoms with van der Waals surface area (Å²) in [7, 11) is 1.58. The third-order valence-electron chi connectivity index (χ3n) is 5.52. The Morgan fingerprint density at radius 1 is 1.03 bits per heavy atom. The van der Waals surface area contributed by atoms with Gasteiger partial charge in [0.25, 0.3) is 0 Å². The lowest BCUT2D eigenvalue weighted by Gasteiger charge is -2.34. The van der Waals surface area contributed by atoms with Gasteiger partial charge in [0, 0.05) is 26.2 Å². The van der Waals surface area contributed by atoms with Crippen LogP contribution in [0.1, 0.15) is 17.2 Å². The van der Waals surface area contributed by atoms with Crippen molar-refractivity contribution >= 4 is 11.8 Å². The lowest BCUT2D eigenvalue weighted by Crippen LogP contribution is -2.46. The summed E-state index contributed by atoms with van der Waals surface area (Å²) in [5.74, 6) is 0.725. The third-order valence-corrected chi connectivity index (χ3v) is 5.52. The quantitative estimate of drug-likeness (QED) is 0.624. The molecule has 170 valence electrons. The predicted octanol–water partition coefficient (Wildman–Crippen LogP) is 1.23. The summed E-state index contributed by atoms with van der Waals surface area (Å²) in [5, 5.41) is 5.43. The molecule has 32 heavy (non-hydrogen) atoms. The van der Waals surface area contributed by atoms with E-state index in [-0.39, 0.29) is 25.9 Å². The average molecular weight is 441 g/mol. The van der Waals surface area contributed by atoms with Crippen molar-refractivity contribution in [2.24, 2.45) is 0 Å². The Balaban J connectivity index is 1.37. The Labute approximate surface area is 186 Å². The minimum Gasteiger partial charge on any atom is -0.497 e. The van der Waals surface area contributed by atoms with Crippen molar-refractivity contribution in [3.05, 3.63) is 53.6 Å². The zero-order chi connectivity index (χ0) is 22.3. The average Bonchev–Trinajstić information content (AvgIpc) is 3.31. The minimum atomic E-state index is -0.681. The van der Waals surface area contributed by atoms with E-state index in [0.717, 1.165) is 24.2 Å². The molecule has 2 aromatic rings. The van der Waals surface area contributed by atoms with Crippen molar-refractivity contribution in [1.82, 2.24) is 15.5 Å². The highest BCUT2D eigenvalue weighted by Gasteiger charge is 2.26. The highest BCUT2D eigenvalue weighted by Crippen LogP contribution is 2.35. The maximum atomic E-state index is 12.5. The number of carbonyl (C=O) groups excluding carboxylic acids is 2. The molecule has 0 saturated carbocycles. The van der Waals surface area contributed by atoms with E-state index in [0.29, 0.717) is 30.5 Å². The molecule has 0 aromatic heterocycles. The molecule has 4 rings (SSSR count). The molecule has 9 nitrogen and oxygen atoms in total. The van der Waals surface area contributed by atoms with Crippen molar-refractivity contribution in [3.63, 3.8) is 0 Å². The summed E-state index contributed by atoms with van der Waals surface area (Å²) in [6, 6.07) is 13.0. The highest BCUT2D eigenvalue weighted by atomic mass is 16.7. The van der Waals surface area contributed by atoms with Gasteiger partial charge < -0.3 is 29.6 Å². The number of rotatable bonds is 7. The second-order valence-electron chi connectivity index (χ2n) is 7.52. The fourth-order valence-corrected chi connectivity index (χ4v) is 3.78. The SMILES string of the molecule is COc1cccc(CNC(=O)C(=O)NC[C@H](c2ccc3c(c2)OCO3)N2CCOCC2)c1. The zero-order valence-electron chi connectivity index (χ0n) is 18.0. The topological polar surface area (TPSA) is 98.4 Å². The molecule has 2 aliphatic heterocycles. The van der Waals surface area contributed by atoms with Crippen LogP contribution >= 0.6 is 0 Å². The normalized spacial score (nSPS) is 16.3. The van der Waals surface area contributed by atoms with Crippen LogP contribution in [0.5, 0.6) is 17.2 Å². The summed E-state index contributed by atoms with van der Waals surface area (Å²) in [5.41, 5.74) is 1.82. The van der Waals surface area contributed by atoms with Crippen LogP contribution in [-0.2, 0) is 20.9 Å². The van der Waals surface area contributed by atoms with Gasteiger partial charge in [-0.05, 0) is 35.4 Å². The van der Waals surface area contributed by atoms with E-state index >= 15 is 0 Å². The molecule has 2 heterocycles. The number of morpholine rings is 1. The van der Waals surface area contributed by atoms with Crippen molar-refractivity contribution in [2.75, 3.05) is 46.8 Å². The van der Waals surface area contributed by atoms with Gasteiger partial charge >= 0.3 is 11.8 Å². The second-order valence-corrected chi connectivity index (χ2v) is 7.52. The van der Waals surface area contributed by atoms with Crippen LogP contribution in [-0.4, -0.2) is 63.5 Å². The molecule has 0 bridgehead atoms. The van der Waals surface area contributed by atoms with E-state index < -0.39 is 11.8 Å². The number of fused-ring (bicyclic) bond motifs is 1. The molecule has 1 saturated heterocycles. The smallest absolute Gasteiger partial charge is 0.309 e. The third kappa shape index (κ3) is 5.30. The van der Waals surface area contributed by atoms with Gasteiger partial charge in [-0.15, -0.1) is 0 Å². The van der Waals surface area contributed by atoms with Crippen LogP contribution < -0.4 is 24.8 Å². The van der Waals surface area contributed by atoms with Gasteiger partial charge in [0.15, 0.2) is 11.5 Å². The van der Waals surface area contributed by atoms with Gasteiger partial charge in [-0.3, -0.25) is 14.5 Å². The van der Waals surface area contributed by atoms with E-state index in [2.05, 4.69) is 15.5 Å². The molecule has 0 spiro atoms. The number of methoxy groups -OCH3 is 1. The van der Waals surface area contributed by atoms with Gasteiger partial charge in [-0.25, -0.2) is 0 Å². The van der Waals surface area contributed by atoms with Crippen molar-refractivity contribution < 1.29 is 28.5 Å². The molecule has 0 radical (unpaired) electrons. The Morgan fingerprint density at radius 3 is 2.62 bits per heavy atom. The van der Waals surface area contributed by atoms with Crippen LogP contribution in [0.3, 0.4) is 0 Å². The Bertz CT molecular complexity index is 960. The fraction of sp³-hybridized carbons (Fsp3) is 0.391. The van der Waals surface area contributed by atoms with Crippen molar-refractivity contribution in [3.8, 4) is 17.2 Å². The number of nitrogens with zero attached hydrogens (tertiary/aromatic N) is 1. The Hall–Kier alpha value is -3.30. The number of nitrogens with one attached hydrogen (secondary N) is 2. The van der Waals surface area contributed by atoms with Crippen LogP contribution in [0.15, 0.2) is 42.5 Å². The summed E-state index contributed by atoms with van der Waals surface area (Å²) in [6.07, 6.45) is 0. The van der Waals surface area contributed by atoms with Crippen LogP contribution in [0, 0.1) is 0 Å². The molecule has 2 amide bonds. The van der Waals surface area contributed by atoms with E-state index in [9.17, 15) is 9.59 Å². The zero-order valence-corrected chi connectivity index (χ0v) is 18.0. The van der Waals surface area contributed by atoms with Crippen molar-refractivity contribution in [2.45, 2.75) is 12.6 Å². The standard InChI is InChI=1S/C23H27N3O6/c1-29-18-4-2-3-16(11-18)13-24-22(27)23(28)25-14-19(26-7-9-30-10-8-26)17-5-6-20-21(12-17)32-15-31-20/h2-6,11-12,19H,7-10,13-15H2,1H3,(H,24,27)(H,25,28)/t19-/m1/s1. The first-order chi connectivity index (χ1) is 15.6. The monoisotopic (exact) mass is 441 g/mol. The summed E-state index contributed by atoms with van der Waals surface area (Å²) in [4.78, 5) is 27.0. The number of hydrogen-bond acceptors (Lipinski definition) is 7. The van der Waals surface area contributed by atoms with Gasteiger partial charge in [0.2, 0.25) is 6.79 Å². The summed E-state index contributed by atoms with van der Waals surface area (Å²) >= 11 is 0. The molecule has 1 atom stereocenters. The molecule has 1 fully saturated rings. The second kappa shape index (κ2) is 10.3. The van der Waals surface area contributed by atoms with E-state index in [1.165, 1.54) is 0 Å². The summed E-state index contributed by atoms with van der Waals surface area (Å²) in [6.45, 7) is 3.43. The van der Waals surface area contributed by atoms with Crippen LogP contribution in [0.25, 0.3) is 0 Å². The lowest BCUT2D eigenvalue weighted by molar-refractivity contribution is -0.139. The first-order valence-electron chi connectivity index (χ1n) is 10.5. The van der Waals surface area contributed by atoms with E-state index in [4.69, 9.17) is 18.9 Å². The van der Waals surface area contributed by atoms with Crippen molar-refractivity contribution in [1.29, 1.82) is 0 Å². The highest BCUT2D eigenvalue weighted by molar-refractivity contribution is 6.35. The first-order valence-corrected chi connectivity index (χ1v) is 10.5. The minimum absolute atomic E-state index is 0.122. The number of benzene rings is 2. The predicted molar refractivity (Wildman–Crippen MR) is 116 cm³/mol. The fourth-order valence-electron chi connectivity index (χ4n) is 3.78. The van der Waals surface area contributed by atoms with Gasteiger partial charge in [0.1, 0.15) is 5.75 Å². The summed E-state index contributed by atoms with van der Waals surface area (Å²) < 4.78 is 21.6. The first kappa shape index (κ1) is 21.9. The molecular formula is C23H27N3O6. The molecule has 2 N–H and O–H groups in total. The molecule has 2 aromatic carbocycles. The van der Waals surface area contributed by atoms with Gasteiger partial charge in [-0.2, -0.15) is 0 Å². The molecular weight excluding hydrogens is 414 g/mol.